The van der Waals surface area contributed by atoms with Crippen molar-refractivity contribution in [1.29, 1.82) is 0 Å². The van der Waals surface area contributed by atoms with E-state index in [9.17, 15) is 0 Å². The van der Waals surface area contributed by atoms with Crippen molar-refractivity contribution in [1.82, 2.24) is 19.9 Å². The third-order valence-corrected chi connectivity index (χ3v) is 5.63. The average Bonchev–Trinajstić information content (AvgIpc) is 3.23. The first kappa shape index (κ1) is 18.2. The number of rotatable bonds is 4. The number of aromatic nitrogens is 3. The highest BCUT2D eigenvalue weighted by atomic mass is 79.9. The lowest BCUT2D eigenvalue weighted by atomic mass is 10.1. The maximum absolute atomic E-state index is 6.08. The van der Waals surface area contributed by atoms with Crippen LogP contribution in [0.1, 0.15) is 17.0 Å². The first-order valence-electron chi connectivity index (χ1n) is 9.57. The second kappa shape index (κ2) is 7.89. The molecule has 0 spiro atoms. The molecule has 0 saturated carbocycles. The largest absolute Gasteiger partial charge is 0.460 e. The normalized spacial score (nSPS) is 14.0. The third kappa shape index (κ3) is 3.99. The van der Waals surface area contributed by atoms with E-state index in [1.54, 1.807) is 12.4 Å². The van der Waals surface area contributed by atoms with Crippen molar-refractivity contribution in [3.05, 3.63) is 88.6 Å². The van der Waals surface area contributed by atoms with E-state index < -0.39 is 0 Å². The SMILES string of the molecule is Brc1ccc(-c2ccc(CN3CCc4nc(-c5cccnc5)ncc4C3)o2)cc1. The van der Waals surface area contributed by atoms with E-state index >= 15 is 0 Å². The van der Waals surface area contributed by atoms with Crippen molar-refractivity contribution in [2.75, 3.05) is 6.54 Å². The predicted molar refractivity (Wildman–Crippen MR) is 115 cm³/mol. The summed E-state index contributed by atoms with van der Waals surface area (Å²) in [4.78, 5) is 15.9. The zero-order chi connectivity index (χ0) is 19.6. The molecule has 0 unspecified atom stereocenters. The zero-order valence-corrected chi connectivity index (χ0v) is 17.3. The molecule has 0 bridgehead atoms. The summed E-state index contributed by atoms with van der Waals surface area (Å²) in [5.41, 5.74) is 4.35. The van der Waals surface area contributed by atoms with Crippen LogP contribution in [0.4, 0.5) is 0 Å². The summed E-state index contributed by atoms with van der Waals surface area (Å²) >= 11 is 3.47. The van der Waals surface area contributed by atoms with Crippen LogP contribution in [-0.2, 0) is 19.5 Å². The van der Waals surface area contributed by atoms with Crippen LogP contribution in [0, 0.1) is 0 Å². The van der Waals surface area contributed by atoms with Crippen molar-refractivity contribution < 1.29 is 4.42 Å². The Bertz CT molecular complexity index is 1130. The number of hydrogen-bond acceptors (Lipinski definition) is 5. The molecule has 0 amide bonds. The molecule has 0 N–H and O–H groups in total. The molecule has 4 heterocycles. The molecule has 5 nitrogen and oxygen atoms in total. The number of fused-ring (bicyclic) bond motifs is 1. The van der Waals surface area contributed by atoms with Gasteiger partial charge >= 0.3 is 0 Å². The second-order valence-corrected chi connectivity index (χ2v) is 8.06. The van der Waals surface area contributed by atoms with Crippen LogP contribution >= 0.6 is 15.9 Å². The van der Waals surface area contributed by atoms with Crippen LogP contribution in [0.3, 0.4) is 0 Å². The average molecular weight is 447 g/mol. The highest BCUT2D eigenvalue weighted by Crippen LogP contribution is 2.26. The zero-order valence-electron chi connectivity index (χ0n) is 15.8. The van der Waals surface area contributed by atoms with E-state index in [1.807, 2.05) is 36.5 Å². The summed E-state index contributed by atoms with van der Waals surface area (Å²) in [5.74, 6) is 2.61. The van der Waals surface area contributed by atoms with Gasteiger partial charge in [0.15, 0.2) is 5.82 Å². The monoisotopic (exact) mass is 446 g/mol. The fourth-order valence-corrected chi connectivity index (χ4v) is 3.86. The molecule has 144 valence electrons. The van der Waals surface area contributed by atoms with E-state index in [2.05, 4.69) is 49.0 Å². The van der Waals surface area contributed by atoms with E-state index in [0.717, 1.165) is 64.7 Å². The van der Waals surface area contributed by atoms with Gasteiger partial charge in [0.25, 0.3) is 0 Å². The molecule has 6 heteroatoms. The molecule has 1 aromatic carbocycles. The molecule has 29 heavy (non-hydrogen) atoms. The Morgan fingerprint density at radius 2 is 1.90 bits per heavy atom. The van der Waals surface area contributed by atoms with Crippen LogP contribution in [0.5, 0.6) is 0 Å². The topological polar surface area (TPSA) is 55.1 Å². The van der Waals surface area contributed by atoms with Crippen LogP contribution in [0.25, 0.3) is 22.7 Å². The number of hydrogen-bond donors (Lipinski definition) is 0. The smallest absolute Gasteiger partial charge is 0.160 e. The minimum Gasteiger partial charge on any atom is -0.460 e. The summed E-state index contributed by atoms with van der Waals surface area (Å²) in [5, 5.41) is 0. The lowest BCUT2D eigenvalue weighted by Gasteiger charge is -2.27. The first-order chi connectivity index (χ1) is 14.2. The van der Waals surface area contributed by atoms with Crippen LogP contribution in [0.2, 0.25) is 0 Å². The molecular weight excluding hydrogens is 428 g/mol. The van der Waals surface area contributed by atoms with Gasteiger partial charge in [-0.05, 0) is 36.4 Å². The van der Waals surface area contributed by atoms with Crippen LogP contribution in [-0.4, -0.2) is 26.4 Å². The van der Waals surface area contributed by atoms with Crippen molar-refractivity contribution in [2.45, 2.75) is 19.5 Å². The number of furan rings is 1. The summed E-state index contributed by atoms with van der Waals surface area (Å²) in [6, 6.07) is 16.2. The van der Waals surface area contributed by atoms with E-state index in [-0.39, 0.29) is 0 Å². The second-order valence-electron chi connectivity index (χ2n) is 7.14. The molecule has 1 aliphatic rings. The predicted octanol–water partition coefficient (Wildman–Crippen LogP) is 5.12. The first-order valence-corrected chi connectivity index (χ1v) is 10.4. The van der Waals surface area contributed by atoms with Crippen LogP contribution in [0.15, 0.2) is 76.0 Å². The number of nitrogens with zero attached hydrogens (tertiary/aromatic N) is 4. The summed E-state index contributed by atoms with van der Waals surface area (Å²) in [6.07, 6.45) is 6.42. The fraction of sp³-hybridized carbons (Fsp3) is 0.174. The fourth-order valence-electron chi connectivity index (χ4n) is 3.60. The quantitative estimate of drug-likeness (QED) is 0.435. The standard InChI is InChI=1S/C23H19BrN4O/c24-19-5-3-16(4-6-19)22-8-7-20(29-22)15-28-11-9-21-18(14-28)13-26-23(27-21)17-2-1-10-25-12-17/h1-8,10,12-13H,9,11,14-15H2. The van der Waals surface area contributed by atoms with Crippen molar-refractivity contribution in [3.8, 4) is 22.7 Å². The maximum atomic E-state index is 6.08. The van der Waals surface area contributed by atoms with E-state index in [0.29, 0.717) is 0 Å². The van der Waals surface area contributed by atoms with Gasteiger partial charge in [-0.1, -0.05) is 28.1 Å². The van der Waals surface area contributed by atoms with Gasteiger partial charge in [-0.25, -0.2) is 9.97 Å². The highest BCUT2D eigenvalue weighted by Gasteiger charge is 2.20. The van der Waals surface area contributed by atoms with Gasteiger partial charge in [-0.3, -0.25) is 9.88 Å². The Balaban J connectivity index is 1.29. The molecule has 4 aromatic rings. The summed E-state index contributed by atoms with van der Waals surface area (Å²) < 4.78 is 7.15. The van der Waals surface area contributed by atoms with Gasteiger partial charge in [0.05, 0.1) is 12.2 Å². The number of pyridine rings is 1. The minimum absolute atomic E-state index is 0.746. The van der Waals surface area contributed by atoms with Crippen molar-refractivity contribution in [3.63, 3.8) is 0 Å². The minimum atomic E-state index is 0.746. The lowest BCUT2D eigenvalue weighted by Crippen LogP contribution is -2.30. The molecular formula is C23H19BrN4O. The van der Waals surface area contributed by atoms with Gasteiger partial charge in [0.2, 0.25) is 0 Å². The van der Waals surface area contributed by atoms with Crippen molar-refractivity contribution >= 4 is 15.9 Å². The Hall–Kier alpha value is -2.83. The Labute approximate surface area is 177 Å². The Morgan fingerprint density at radius 1 is 1.00 bits per heavy atom. The van der Waals surface area contributed by atoms with Gasteiger partial charge in [-0.2, -0.15) is 0 Å². The van der Waals surface area contributed by atoms with Gasteiger partial charge in [-0.15, -0.1) is 0 Å². The molecule has 0 aliphatic carbocycles. The summed E-state index contributed by atoms with van der Waals surface area (Å²) in [7, 11) is 0. The van der Waals surface area contributed by atoms with Gasteiger partial charge in [0.1, 0.15) is 11.5 Å². The molecule has 1 aliphatic heterocycles. The molecule has 0 atom stereocenters. The lowest BCUT2D eigenvalue weighted by molar-refractivity contribution is 0.224. The molecule has 0 radical (unpaired) electrons. The van der Waals surface area contributed by atoms with Crippen LogP contribution < -0.4 is 0 Å². The highest BCUT2D eigenvalue weighted by molar-refractivity contribution is 9.10. The van der Waals surface area contributed by atoms with E-state index in [1.165, 1.54) is 5.56 Å². The number of benzene rings is 1. The van der Waals surface area contributed by atoms with E-state index in [4.69, 9.17) is 9.40 Å². The summed E-state index contributed by atoms with van der Waals surface area (Å²) in [6.45, 7) is 2.56. The number of halogens is 1. The molecule has 5 rings (SSSR count). The molecule has 0 saturated heterocycles. The van der Waals surface area contributed by atoms with Gasteiger partial charge in [0, 0.05) is 59.3 Å². The Morgan fingerprint density at radius 3 is 2.72 bits per heavy atom. The molecule has 3 aromatic heterocycles. The molecule has 0 fully saturated rings. The van der Waals surface area contributed by atoms with Crippen molar-refractivity contribution in [2.24, 2.45) is 0 Å². The maximum Gasteiger partial charge on any atom is 0.160 e. The van der Waals surface area contributed by atoms with Gasteiger partial charge < -0.3 is 4.42 Å². The Kier molecular flexibility index (Phi) is 4.96. The third-order valence-electron chi connectivity index (χ3n) is 5.10.